The summed E-state index contributed by atoms with van der Waals surface area (Å²) < 4.78 is 6.90. The number of ether oxygens (including phenoxy) is 1. The minimum absolute atomic E-state index is 0.120. The van der Waals surface area contributed by atoms with Crippen LogP contribution in [0.15, 0.2) is 138 Å². The lowest BCUT2D eigenvalue weighted by Gasteiger charge is -2.18. The van der Waals surface area contributed by atoms with Crippen molar-refractivity contribution in [2.75, 3.05) is 11.9 Å². The molecular formula is C39H37BrN2O3. The van der Waals surface area contributed by atoms with Crippen molar-refractivity contribution in [3.8, 4) is 22.6 Å². The molecule has 5 nitrogen and oxygen atoms in total. The highest BCUT2D eigenvalue weighted by Crippen LogP contribution is 2.53. The maximum atomic E-state index is 13.5. The molecule has 2 amide bonds. The number of halogens is 1. The molecule has 0 heterocycles. The standard InChI is InChI=1S/C39H37BrN2O3/c1-3-5-7-12-30(4-2)39(24-25-39)38(44)42-35-22-21-31(40)27-34(35)37(43)41-26-23-28-17-19-29(20-18-28)33-15-10-11-16-36(33)45-32-13-8-6-9-14-32/h4-22,27H,2-3,23-26H2,1H3,(H,41,43)(H,42,44)/b7-5-,30-12+. The van der Waals surface area contributed by atoms with Gasteiger partial charge in [0.15, 0.2) is 0 Å². The van der Waals surface area contributed by atoms with Crippen LogP contribution in [-0.4, -0.2) is 18.4 Å². The molecule has 228 valence electrons. The van der Waals surface area contributed by atoms with Crippen molar-refractivity contribution in [1.82, 2.24) is 5.32 Å². The predicted octanol–water partition coefficient (Wildman–Crippen LogP) is 9.68. The molecule has 0 aliphatic heterocycles. The minimum atomic E-state index is -0.610. The molecule has 2 N–H and O–H groups in total. The first-order chi connectivity index (χ1) is 21.9. The second-order valence-electron chi connectivity index (χ2n) is 11.0. The van der Waals surface area contributed by atoms with Crippen LogP contribution in [0.2, 0.25) is 0 Å². The Balaban J connectivity index is 1.22. The molecule has 6 heteroatoms. The second-order valence-corrected chi connectivity index (χ2v) is 11.9. The Labute approximate surface area is 273 Å². The highest BCUT2D eigenvalue weighted by atomic mass is 79.9. The number of anilines is 1. The summed E-state index contributed by atoms with van der Waals surface area (Å²) in [6, 6.07) is 31.3. The minimum Gasteiger partial charge on any atom is -0.457 e. The Hall–Kier alpha value is -4.68. The molecule has 45 heavy (non-hydrogen) atoms. The van der Waals surface area contributed by atoms with E-state index in [9.17, 15) is 9.59 Å². The van der Waals surface area contributed by atoms with Crippen LogP contribution in [0.25, 0.3) is 11.1 Å². The zero-order valence-electron chi connectivity index (χ0n) is 25.4. The van der Waals surface area contributed by atoms with Crippen molar-refractivity contribution >= 4 is 33.4 Å². The molecule has 0 atom stereocenters. The maximum Gasteiger partial charge on any atom is 0.253 e. The molecule has 0 aromatic heterocycles. The van der Waals surface area contributed by atoms with E-state index < -0.39 is 5.41 Å². The van der Waals surface area contributed by atoms with Gasteiger partial charge in [0.05, 0.1) is 16.7 Å². The molecule has 1 saturated carbocycles. The quantitative estimate of drug-likeness (QED) is 0.140. The van der Waals surface area contributed by atoms with E-state index in [0.717, 1.165) is 57.5 Å². The van der Waals surface area contributed by atoms with E-state index in [2.05, 4.69) is 64.3 Å². The normalized spacial score (nSPS) is 13.7. The third-order valence-electron chi connectivity index (χ3n) is 7.90. The number of rotatable bonds is 13. The summed E-state index contributed by atoms with van der Waals surface area (Å²) in [5.41, 5.74) is 4.33. The lowest BCUT2D eigenvalue weighted by Crippen LogP contribution is -2.29. The van der Waals surface area contributed by atoms with Gasteiger partial charge in [-0.15, -0.1) is 0 Å². The monoisotopic (exact) mass is 660 g/mol. The van der Waals surface area contributed by atoms with E-state index in [1.54, 1.807) is 18.2 Å². The number of carbonyl (C=O) groups is 2. The van der Waals surface area contributed by atoms with Crippen molar-refractivity contribution in [1.29, 1.82) is 0 Å². The first-order valence-corrected chi connectivity index (χ1v) is 16.0. The van der Waals surface area contributed by atoms with Gasteiger partial charge >= 0.3 is 0 Å². The highest BCUT2D eigenvalue weighted by Gasteiger charge is 2.51. The van der Waals surface area contributed by atoms with Gasteiger partial charge in [0.2, 0.25) is 5.91 Å². The Kier molecular flexibility index (Phi) is 10.5. The van der Waals surface area contributed by atoms with Crippen LogP contribution in [0.4, 0.5) is 5.69 Å². The number of nitrogens with one attached hydrogen (secondary N) is 2. The number of para-hydroxylation sites is 2. The van der Waals surface area contributed by atoms with Crippen molar-refractivity contribution in [3.63, 3.8) is 0 Å². The Morgan fingerprint density at radius 1 is 0.956 bits per heavy atom. The molecule has 5 rings (SSSR count). The van der Waals surface area contributed by atoms with Gasteiger partial charge in [0, 0.05) is 16.6 Å². The fourth-order valence-electron chi connectivity index (χ4n) is 5.23. The fourth-order valence-corrected chi connectivity index (χ4v) is 5.60. The van der Waals surface area contributed by atoms with Crippen molar-refractivity contribution < 1.29 is 14.3 Å². The Morgan fingerprint density at radius 3 is 2.40 bits per heavy atom. The topological polar surface area (TPSA) is 67.4 Å². The van der Waals surface area contributed by atoms with Crippen LogP contribution in [0.3, 0.4) is 0 Å². The molecule has 0 radical (unpaired) electrons. The zero-order valence-corrected chi connectivity index (χ0v) is 27.0. The fraction of sp³-hybridized carbons (Fsp3) is 0.179. The lowest BCUT2D eigenvalue weighted by molar-refractivity contribution is -0.119. The number of amides is 2. The highest BCUT2D eigenvalue weighted by molar-refractivity contribution is 9.10. The SMILES string of the molecule is C=C/C(=C\C=C/CC)C1(C(=O)Nc2ccc(Br)cc2C(=O)NCCc2ccc(-c3ccccc3Oc3ccccc3)cc2)CC1. The average molecular weight is 662 g/mol. The van der Waals surface area contributed by atoms with Gasteiger partial charge in [-0.2, -0.15) is 0 Å². The van der Waals surface area contributed by atoms with E-state index in [-0.39, 0.29) is 11.8 Å². The molecular weight excluding hydrogens is 624 g/mol. The summed E-state index contributed by atoms with van der Waals surface area (Å²) in [5, 5.41) is 6.06. The van der Waals surface area contributed by atoms with Gasteiger partial charge in [0.1, 0.15) is 11.5 Å². The second kappa shape index (κ2) is 14.9. The van der Waals surface area contributed by atoms with Gasteiger partial charge < -0.3 is 15.4 Å². The van der Waals surface area contributed by atoms with E-state index in [1.807, 2.05) is 78.9 Å². The Morgan fingerprint density at radius 2 is 1.69 bits per heavy atom. The van der Waals surface area contributed by atoms with Crippen LogP contribution in [0.1, 0.15) is 42.1 Å². The summed E-state index contributed by atoms with van der Waals surface area (Å²) in [7, 11) is 0. The van der Waals surface area contributed by atoms with Crippen LogP contribution >= 0.6 is 15.9 Å². The molecule has 4 aromatic rings. The molecule has 0 saturated heterocycles. The number of benzene rings is 4. The average Bonchev–Trinajstić information content (AvgIpc) is 3.87. The van der Waals surface area contributed by atoms with E-state index in [4.69, 9.17) is 4.74 Å². The smallest absolute Gasteiger partial charge is 0.253 e. The molecule has 0 bridgehead atoms. The third-order valence-corrected chi connectivity index (χ3v) is 8.39. The maximum absolute atomic E-state index is 13.5. The van der Waals surface area contributed by atoms with Gasteiger partial charge in [-0.05, 0) is 78.8 Å². The Bertz CT molecular complexity index is 1720. The number of hydrogen-bond donors (Lipinski definition) is 2. The molecule has 1 aliphatic carbocycles. The number of carbonyl (C=O) groups excluding carboxylic acids is 2. The summed E-state index contributed by atoms with van der Waals surface area (Å²) in [4.78, 5) is 26.8. The van der Waals surface area contributed by atoms with Crippen molar-refractivity contribution in [2.24, 2.45) is 5.41 Å². The van der Waals surface area contributed by atoms with Crippen molar-refractivity contribution in [2.45, 2.75) is 32.6 Å². The number of hydrogen-bond acceptors (Lipinski definition) is 3. The van der Waals surface area contributed by atoms with Gasteiger partial charge in [-0.3, -0.25) is 9.59 Å². The summed E-state index contributed by atoms with van der Waals surface area (Å²) >= 11 is 3.48. The van der Waals surface area contributed by atoms with E-state index in [1.165, 1.54) is 0 Å². The molecule has 0 spiro atoms. The van der Waals surface area contributed by atoms with Crippen molar-refractivity contribution in [3.05, 3.63) is 149 Å². The molecule has 4 aromatic carbocycles. The van der Waals surface area contributed by atoms with Crippen LogP contribution in [0, 0.1) is 5.41 Å². The van der Waals surface area contributed by atoms with Gasteiger partial charge in [-0.25, -0.2) is 0 Å². The number of allylic oxidation sites excluding steroid dienone is 4. The van der Waals surface area contributed by atoms with Gasteiger partial charge in [0.25, 0.3) is 5.91 Å². The first-order valence-electron chi connectivity index (χ1n) is 15.2. The third kappa shape index (κ3) is 7.89. The zero-order chi connectivity index (χ0) is 31.6. The predicted molar refractivity (Wildman–Crippen MR) is 187 cm³/mol. The van der Waals surface area contributed by atoms with Gasteiger partial charge in [-0.1, -0.05) is 114 Å². The summed E-state index contributed by atoms with van der Waals surface area (Å²) in [5.74, 6) is 1.21. The lowest BCUT2D eigenvalue weighted by atomic mass is 9.93. The van der Waals surface area contributed by atoms with Crippen LogP contribution < -0.4 is 15.4 Å². The van der Waals surface area contributed by atoms with Crippen LogP contribution in [-0.2, 0) is 11.2 Å². The molecule has 1 fully saturated rings. The summed E-state index contributed by atoms with van der Waals surface area (Å²) in [6.45, 7) is 6.45. The molecule has 0 unspecified atom stereocenters. The van der Waals surface area contributed by atoms with E-state index in [0.29, 0.717) is 24.2 Å². The summed E-state index contributed by atoms with van der Waals surface area (Å²) in [6.07, 6.45) is 10.8. The first kappa shape index (κ1) is 31.7. The largest absolute Gasteiger partial charge is 0.457 e. The van der Waals surface area contributed by atoms with Crippen LogP contribution in [0.5, 0.6) is 11.5 Å². The van der Waals surface area contributed by atoms with E-state index >= 15 is 0 Å². The molecule has 1 aliphatic rings.